The van der Waals surface area contributed by atoms with E-state index in [1.807, 2.05) is 49.6 Å². The van der Waals surface area contributed by atoms with Crippen molar-refractivity contribution in [2.24, 2.45) is 0 Å². The molecular weight excluding hydrogens is 631 g/mol. The Balaban J connectivity index is 1.43. The Morgan fingerprint density at radius 2 is 1.96 bits per heavy atom. The van der Waals surface area contributed by atoms with E-state index in [1.54, 1.807) is 21.3 Å². The molecular formula is C30H29N8O4PS2. The first-order valence-electron chi connectivity index (χ1n) is 14.1. The molecule has 0 spiro atoms. The minimum Gasteiger partial charge on any atom is -0.480 e. The number of anilines is 2. The Hall–Kier alpha value is -4.39. The third kappa shape index (κ3) is 5.02. The largest absolute Gasteiger partial charge is 0.480 e. The maximum Gasteiger partial charge on any atom is 0.264 e. The third-order valence-corrected chi connectivity index (χ3v) is 11.2. The van der Waals surface area contributed by atoms with Crippen LogP contribution in [0.15, 0.2) is 59.1 Å². The number of sulfonamides is 1. The van der Waals surface area contributed by atoms with Crippen LogP contribution in [0.2, 0.25) is 0 Å². The molecule has 7 rings (SSSR count). The molecule has 1 saturated carbocycles. The van der Waals surface area contributed by atoms with Crippen LogP contribution in [-0.4, -0.2) is 49.9 Å². The van der Waals surface area contributed by atoms with E-state index in [1.165, 1.54) is 24.8 Å². The Morgan fingerprint density at radius 3 is 2.69 bits per heavy atom. The molecule has 15 heteroatoms. The fourth-order valence-electron chi connectivity index (χ4n) is 5.57. The number of fused-ring (bicyclic) bond motifs is 2. The topological polar surface area (TPSA) is 159 Å². The summed E-state index contributed by atoms with van der Waals surface area (Å²) in [5, 5.41) is 7.92. The molecule has 2 atom stereocenters. The molecule has 12 nitrogen and oxygen atoms in total. The van der Waals surface area contributed by atoms with Gasteiger partial charge in [-0.15, -0.1) is 20.6 Å². The molecule has 0 aliphatic heterocycles. The van der Waals surface area contributed by atoms with Crippen molar-refractivity contribution in [3.05, 3.63) is 75.9 Å². The van der Waals surface area contributed by atoms with Gasteiger partial charge in [0, 0.05) is 22.8 Å². The van der Waals surface area contributed by atoms with E-state index in [2.05, 4.69) is 28.9 Å². The second kappa shape index (κ2) is 10.9. The van der Waals surface area contributed by atoms with E-state index in [-0.39, 0.29) is 22.9 Å². The van der Waals surface area contributed by atoms with Crippen LogP contribution < -0.4 is 26.1 Å². The summed E-state index contributed by atoms with van der Waals surface area (Å²) in [6.07, 6.45) is 4.12. The highest BCUT2D eigenvalue weighted by Crippen LogP contribution is 2.38. The SMILES string of the molecule is COc1ncc(-c2nn([C@@H](C)c3cc4scc(C)n4c(=O)c3-c3cccc(P)c3)c3ncnc(N)c23)cc1NS(=O)(=O)C1CC1. The van der Waals surface area contributed by atoms with Crippen molar-refractivity contribution in [3.63, 3.8) is 0 Å². The maximum atomic E-state index is 14.1. The zero-order chi connectivity index (χ0) is 31.6. The van der Waals surface area contributed by atoms with Crippen LogP contribution in [0.5, 0.6) is 5.88 Å². The predicted molar refractivity (Wildman–Crippen MR) is 180 cm³/mol. The molecule has 0 bridgehead atoms. The fraction of sp³-hybridized carbons (Fsp3) is 0.233. The first-order valence-corrected chi connectivity index (χ1v) is 17.1. The smallest absolute Gasteiger partial charge is 0.264 e. The second-order valence-electron chi connectivity index (χ2n) is 11.0. The average molecular weight is 661 g/mol. The summed E-state index contributed by atoms with van der Waals surface area (Å²) in [6.45, 7) is 3.87. The van der Waals surface area contributed by atoms with Gasteiger partial charge in [0.25, 0.3) is 5.56 Å². The zero-order valence-corrected chi connectivity index (χ0v) is 27.3. The standard InChI is InChI=1S/C30H29N8O4PS2/c1-15-13-44-23-11-21(24(30(39)37(15)23)17-5-4-6-19(43)9-17)16(2)38-28-25(27(31)33-14-34-28)26(35-38)18-10-22(29(42-3)32-12-18)36-45(40,41)20-7-8-20/h4-6,9-14,16,20,36H,7-8,43H2,1-3H3,(H2,31,33,34)/t16-/m0/s1. The highest BCUT2D eigenvalue weighted by Gasteiger charge is 2.36. The number of benzene rings is 1. The Labute approximate surface area is 264 Å². The molecule has 3 N–H and O–H groups in total. The van der Waals surface area contributed by atoms with Crippen LogP contribution in [0.1, 0.15) is 37.1 Å². The van der Waals surface area contributed by atoms with Crippen LogP contribution in [-0.2, 0) is 10.0 Å². The number of aryl methyl sites for hydroxylation is 1. The van der Waals surface area contributed by atoms with Gasteiger partial charge in [0.15, 0.2) is 5.65 Å². The molecule has 1 fully saturated rings. The van der Waals surface area contributed by atoms with Crippen molar-refractivity contribution in [2.45, 2.75) is 38.0 Å². The summed E-state index contributed by atoms with van der Waals surface area (Å²) < 4.78 is 37.1. The van der Waals surface area contributed by atoms with Gasteiger partial charge in [-0.2, -0.15) is 5.10 Å². The molecule has 1 aromatic carbocycles. The number of ether oxygens (including phenoxy) is 1. The number of aromatic nitrogens is 6. The van der Waals surface area contributed by atoms with Crippen molar-refractivity contribution in [2.75, 3.05) is 17.6 Å². The molecule has 1 aliphatic carbocycles. The summed E-state index contributed by atoms with van der Waals surface area (Å²) in [5.41, 5.74) is 10.8. The quantitative estimate of drug-likeness (QED) is 0.229. The number of nitrogens with zero attached hydrogens (tertiary/aromatic N) is 6. The van der Waals surface area contributed by atoms with Crippen molar-refractivity contribution < 1.29 is 13.2 Å². The number of nitrogens with one attached hydrogen (secondary N) is 1. The van der Waals surface area contributed by atoms with Gasteiger partial charge in [0.1, 0.15) is 28.4 Å². The minimum absolute atomic E-state index is 0.124. The predicted octanol–water partition coefficient (Wildman–Crippen LogP) is 4.14. The minimum atomic E-state index is -3.60. The number of nitrogens with two attached hydrogens (primary N) is 1. The van der Waals surface area contributed by atoms with Crippen LogP contribution >= 0.6 is 20.6 Å². The maximum absolute atomic E-state index is 14.1. The van der Waals surface area contributed by atoms with Crippen LogP contribution in [0.25, 0.3) is 38.2 Å². The van der Waals surface area contributed by atoms with Gasteiger partial charge < -0.3 is 10.5 Å². The normalized spacial score (nSPS) is 14.2. The lowest BCUT2D eigenvalue weighted by atomic mass is 9.97. The Bertz CT molecular complexity index is 2310. The lowest BCUT2D eigenvalue weighted by Gasteiger charge is -2.18. The van der Waals surface area contributed by atoms with E-state index in [0.29, 0.717) is 40.7 Å². The number of thiazole rings is 1. The lowest BCUT2D eigenvalue weighted by molar-refractivity contribution is 0.400. The van der Waals surface area contributed by atoms with E-state index in [0.717, 1.165) is 27.0 Å². The van der Waals surface area contributed by atoms with Gasteiger partial charge in [0.2, 0.25) is 15.9 Å². The first kappa shape index (κ1) is 29.3. The van der Waals surface area contributed by atoms with Crippen molar-refractivity contribution in [1.29, 1.82) is 0 Å². The number of hydrogen-bond donors (Lipinski definition) is 2. The highest BCUT2D eigenvalue weighted by atomic mass is 32.2. The third-order valence-electron chi connectivity index (χ3n) is 7.95. The molecule has 230 valence electrons. The molecule has 5 aromatic heterocycles. The number of nitrogen functional groups attached to an aromatic ring is 1. The van der Waals surface area contributed by atoms with Crippen molar-refractivity contribution in [1.82, 2.24) is 29.1 Å². The Morgan fingerprint density at radius 1 is 1.16 bits per heavy atom. The number of pyridine rings is 2. The number of hydrogen-bond acceptors (Lipinski definition) is 10. The summed E-state index contributed by atoms with van der Waals surface area (Å²) in [5.74, 6) is 0.329. The van der Waals surface area contributed by atoms with E-state index < -0.39 is 21.3 Å². The van der Waals surface area contributed by atoms with Crippen LogP contribution in [0.4, 0.5) is 11.5 Å². The van der Waals surface area contributed by atoms with Gasteiger partial charge in [-0.3, -0.25) is 13.9 Å². The number of rotatable bonds is 8. The van der Waals surface area contributed by atoms with E-state index >= 15 is 0 Å². The fourth-order valence-corrected chi connectivity index (χ4v) is 8.16. The molecule has 0 amide bonds. The average Bonchev–Trinajstić information content (AvgIpc) is 3.72. The van der Waals surface area contributed by atoms with Gasteiger partial charge in [-0.25, -0.2) is 28.1 Å². The van der Waals surface area contributed by atoms with Gasteiger partial charge >= 0.3 is 0 Å². The molecule has 1 aliphatic rings. The summed E-state index contributed by atoms with van der Waals surface area (Å²) in [4.78, 5) is 28.1. The monoisotopic (exact) mass is 660 g/mol. The lowest BCUT2D eigenvalue weighted by Crippen LogP contribution is -2.21. The van der Waals surface area contributed by atoms with Crippen molar-refractivity contribution in [3.8, 4) is 28.3 Å². The highest BCUT2D eigenvalue weighted by molar-refractivity contribution is 7.93. The molecule has 5 heterocycles. The van der Waals surface area contributed by atoms with Gasteiger partial charge in [0.05, 0.1) is 29.4 Å². The summed E-state index contributed by atoms with van der Waals surface area (Å²) in [6, 6.07) is 10.9. The van der Waals surface area contributed by atoms with Crippen molar-refractivity contribution >= 4 is 63.3 Å². The van der Waals surface area contributed by atoms with Gasteiger partial charge in [-0.1, -0.05) is 18.2 Å². The number of methoxy groups -OCH3 is 1. The van der Waals surface area contributed by atoms with Crippen LogP contribution in [0.3, 0.4) is 0 Å². The zero-order valence-electron chi connectivity index (χ0n) is 24.6. The van der Waals surface area contributed by atoms with E-state index in [4.69, 9.17) is 15.6 Å². The summed E-state index contributed by atoms with van der Waals surface area (Å²) >= 11 is 1.49. The van der Waals surface area contributed by atoms with Crippen LogP contribution in [0, 0.1) is 6.92 Å². The molecule has 6 aromatic rings. The Kier molecular flexibility index (Phi) is 7.10. The molecule has 0 saturated heterocycles. The molecule has 1 unspecified atom stereocenters. The molecule has 0 radical (unpaired) electrons. The second-order valence-corrected chi connectivity index (χ2v) is 14.5. The van der Waals surface area contributed by atoms with E-state index in [9.17, 15) is 13.2 Å². The first-order chi connectivity index (χ1) is 21.6. The molecule has 45 heavy (non-hydrogen) atoms. The summed E-state index contributed by atoms with van der Waals surface area (Å²) in [7, 11) is 0.511. The van der Waals surface area contributed by atoms with Gasteiger partial charge in [-0.05, 0) is 61.3 Å².